The number of carbonyl (C=O) groups is 1. The molecule has 6 nitrogen and oxygen atoms in total. The van der Waals surface area contributed by atoms with Gasteiger partial charge in [0.15, 0.2) is 0 Å². The predicted octanol–water partition coefficient (Wildman–Crippen LogP) is 4.12. The maximum absolute atomic E-state index is 12.8. The predicted molar refractivity (Wildman–Crippen MR) is 133 cm³/mol. The lowest BCUT2D eigenvalue weighted by atomic mass is 10.1. The summed E-state index contributed by atoms with van der Waals surface area (Å²) >= 11 is 1.38. The molecular formula is C25H36N4O2S. The maximum atomic E-state index is 12.8. The molecule has 0 radical (unpaired) electrons. The highest BCUT2D eigenvalue weighted by molar-refractivity contribution is 8.00. The van der Waals surface area contributed by atoms with Gasteiger partial charge in [0, 0.05) is 23.5 Å². The first-order valence-corrected chi connectivity index (χ1v) is 12.7. The van der Waals surface area contributed by atoms with E-state index in [1.165, 1.54) is 17.3 Å². The minimum Gasteiger partial charge on any atom is -0.325 e. The van der Waals surface area contributed by atoms with Crippen LogP contribution in [0.2, 0.25) is 0 Å². The molecular weight excluding hydrogens is 420 g/mol. The van der Waals surface area contributed by atoms with E-state index in [0.717, 1.165) is 78.4 Å². The molecule has 0 saturated carbocycles. The number of aryl methyl sites for hydroxylation is 3. The van der Waals surface area contributed by atoms with Crippen molar-refractivity contribution >= 4 is 23.4 Å². The van der Waals surface area contributed by atoms with E-state index in [-0.39, 0.29) is 17.3 Å². The smallest absolute Gasteiger partial charge is 0.325 e. The van der Waals surface area contributed by atoms with E-state index in [1.807, 2.05) is 18.4 Å². The zero-order valence-electron chi connectivity index (χ0n) is 20.1. The summed E-state index contributed by atoms with van der Waals surface area (Å²) in [5, 5.41) is 3.78. The van der Waals surface area contributed by atoms with Crippen molar-refractivity contribution in [2.75, 3.05) is 30.7 Å². The van der Waals surface area contributed by atoms with Gasteiger partial charge in [-0.2, -0.15) is 4.98 Å². The highest BCUT2D eigenvalue weighted by Gasteiger charge is 2.22. The van der Waals surface area contributed by atoms with Gasteiger partial charge in [-0.05, 0) is 77.2 Å². The Balaban J connectivity index is 1.68. The van der Waals surface area contributed by atoms with Crippen molar-refractivity contribution in [1.29, 1.82) is 0 Å². The Kier molecular flexibility index (Phi) is 8.54. The third-order valence-corrected chi connectivity index (χ3v) is 7.25. The normalized spacial score (nSPS) is 12.9. The molecule has 0 fully saturated rings. The summed E-state index contributed by atoms with van der Waals surface area (Å²) < 4.78 is 1.87. The molecule has 174 valence electrons. The van der Waals surface area contributed by atoms with Crippen LogP contribution in [0.25, 0.3) is 0 Å². The van der Waals surface area contributed by atoms with Gasteiger partial charge in [0.1, 0.15) is 5.03 Å². The summed E-state index contributed by atoms with van der Waals surface area (Å²) in [6.45, 7) is 14.2. The highest BCUT2D eigenvalue weighted by Crippen LogP contribution is 2.30. The molecule has 0 bridgehead atoms. The van der Waals surface area contributed by atoms with Crippen LogP contribution in [0.3, 0.4) is 0 Å². The van der Waals surface area contributed by atoms with Gasteiger partial charge in [0.25, 0.3) is 0 Å². The lowest BCUT2D eigenvalue weighted by Crippen LogP contribution is -2.30. The van der Waals surface area contributed by atoms with Crippen LogP contribution >= 0.6 is 11.8 Å². The first kappa shape index (κ1) is 24.5. The fourth-order valence-electron chi connectivity index (χ4n) is 4.62. The summed E-state index contributed by atoms with van der Waals surface area (Å²) in [6.07, 6.45) is 3.83. The first-order valence-electron chi connectivity index (χ1n) is 11.7. The van der Waals surface area contributed by atoms with Gasteiger partial charge in [-0.15, -0.1) is 0 Å². The van der Waals surface area contributed by atoms with E-state index in [2.05, 4.69) is 48.1 Å². The summed E-state index contributed by atoms with van der Waals surface area (Å²) in [5.41, 5.74) is 6.29. The number of nitrogens with one attached hydrogen (secondary N) is 1. The van der Waals surface area contributed by atoms with Crippen LogP contribution in [0, 0.1) is 20.8 Å². The van der Waals surface area contributed by atoms with Gasteiger partial charge >= 0.3 is 5.69 Å². The zero-order chi connectivity index (χ0) is 23.3. The summed E-state index contributed by atoms with van der Waals surface area (Å²) in [5.74, 6) is 0.180. The minimum absolute atomic E-state index is 0.0676. The topological polar surface area (TPSA) is 67.2 Å². The average molecular weight is 457 g/mol. The van der Waals surface area contributed by atoms with Crippen molar-refractivity contribution in [3.05, 3.63) is 50.6 Å². The summed E-state index contributed by atoms with van der Waals surface area (Å²) in [4.78, 5) is 32.2. The molecule has 0 atom stereocenters. The molecule has 7 heteroatoms. The van der Waals surface area contributed by atoms with Crippen LogP contribution < -0.4 is 11.0 Å². The molecule has 2 aromatic rings. The van der Waals surface area contributed by atoms with E-state index in [1.54, 1.807) is 0 Å². The number of nitrogens with zero attached hydrogens (tertiary/aromatic N) is 3. The Bertz CT molecular complexity index is 1000. The third-order valence-electron chi connectivity index (χ3n) is 6.23. The standard InChI is InChI=1S/C25H36N4O2S/c1-6-28(7-2)12-9-13-29-21-11-8-10-20(21)24(27-25(29)31)32-16-22(30)26-23-18(4)14-17(3)15-19(23)5/h14-15H,6-13,16H2,1-5H3,(H,26,30). The molecule has 0 spiro atoms. The van der Waals surface area contributed by atoms with Crippen LogP contribution in [0.4, 0.5) is 5.69 Å². The summed E-state index contributed by atoms with van der Waals surface area (Å²) in [7, 11) is 0. The number of fused-ring (bicyclic) bond motifs is 1. The Morgan fingerprint density at radius 2 is 1.84 bits per heavy atom. The fraction of sp³-hybridized carbons (Fsp3) is 0.560. The number of anilines is 1. The number of hydrogen-bond acceptors (Lipinski definition) is 5. The second-order valence-electron chi connectivity index (χ2n) is 8.62. The number of thioether (sulfide) groups is 1. The van der Waals surface area contributed by atoms with Crippen LogP contribution in [-0.2, 0) is 24.2 Å². The molecule has 1 N–H and O–H groups in total. The van der Waals surface area contributed by atoms with Crippen molar-refractivity contribution < 1.29 is 4.79 Å². The average Bonchev–Trinajstić information content (AvgIpc) is 3.23. The van der Waals surface area contributed by atoms with Crippen LogP contribution in [0.15, 0.2) is 22.0 Å². The van der Waals surface area contributed by atoms with Crippen LogP contribution in [0.5, 0.6) is 0 Å². The molecule has 0 unspecified atom stereocenters. The monoisotopic (exact) mass is 456 g/mol. The van der Waals surface area contributed by atoms with Crippen molar-refractivity contribution in [2.45, 2.75) is 71.9 Å². The number of rotatable bonds is 10. The minimum atomic E-state index is -0.182. The van der Waals surface area contributed by atoms with Crippen molar-refractivity contribution in [2.24, 2.45) is 0 Å². The number of benzene rings is 1. The molecule has 3 rings (SSSR count). The summed E-state index contributed by atoms with van der Waals surface area (Å²) in [6, 6.07) is 4.15. The quantitative estimate of drug-likeness (QED) is 0.430. The highest BCUT2D eigenvalue weighted by atomic mass is 32.2. The lowest BCUT2D eigenvalue weighted by molar-refractivity contribution is -0.113. The molecule has 1 aliphatic carbocycles. The molecule has 1 aliphatic rings. The second-order valence-corrected chi connectivity index (χ2v) is 9.59. The Morgan fingerprint density at radius 3 is 2.50 bits per heavy atom. The van der Waals surface area contributed by atoms with Crippen LogP contribution in [0.1, 0.15) is 54.6 Å². The number of amides is 1. The Hall–Kier alpha value is -2.12. The number of carbonyl (C=O) groups excluding carboxylic acids is 1. The molecule has 1 amide bonds. The molecule has 1 aromatic heterocycles. The van der Waals surface area contributed by atoms with E-state index < -0.39 is 0 Å². The van der Waals surface area contributed by atoms with Gasteiger partial charge < -0.3 is 10.2 Å². The van der Waals surface area contributed by atoms with Gasteiger partial charge in [-0.3, -0.25) is 9.36 Å². The molecule has 32 heavy (non-hydrogen) atoms. The van der Waals surface area contributed by atoms with Crippen molar-refractivity contribution in [3.63, 3.8) is 0 Å². The molecule has 1 aromatic carbocycles. The molecule has 1 heterocycles. The fourth-order valence-corrected chi connectivity index (χ4v) is 5.49. The largest absolute Gasteiger partial charge is 0.348 e. The number of hydrogen-bond donors (Lipinski definition) is 1. The molecule has 0 aliphatic heterocycles. The van der Waals surface area contributed by atoms with Crippen molar-refractivity contribution in [3.8, 4) is 0 Å². The Morgan fingerprint density at radius 1 is 1.16 bits per heavy atom. The Labute approximate surface area is 195 Å². The first-order chi connectivity index (χ1) is 15.3. The van der Waals surface area contributed by atoms with E-state index >= 15 is 0 Å². The lowest BCUT2D eigenvalue weighted by Gasteiger charge is -2.19. The maximum Gasteiger partial charge on any atom is 0.348 e. The third kappa shape index (κ3) is 5.81. The van der Waals surface area contributed by atoms with E-state index in [0.29, 0.717) is 6.54 Å². The van der Waals surface area contributed by atoms with E-state index in [4.69, 9.17) is 0 Å². The van der Waals surface area contributed by atoms with E-state index in [9.17, 15) is 9.59 Å². The van der Waals surface area contributed by atoms with Crippen molar-refractivity contribution in [1.82, 2.24) is 14.5 Å². The van der Waals surface area contributed by atoms with Crippen LogP contribution in [-0.4, -0.2) is 45.7 Å². The van der Waals surface area contributed by atoms with Gasteiger partial charge in [0.2, 0.25) is 5.91 Å². The second kappa shape index (κ2) is 11.1. The SMILES string of the molecule is CCN(CC)CCCn1c2c(c(SCC(=O)Nc3c(C)cc(C)cc3C)nc1=O)CCC2. The van der Waals surface area contributed by atoms with Gasteiger partial charge in [0.05, 0.1) is 5.75 Å². The molecule has 0 saturated heterocycles. The van der Waals surface area contributed by atoms with Gasteiger partial charge in [-0.1, -0.05) is 43.3 Å². The zero-order valence-corrected chi connectivity index (χ0v) is 20.9. The number of aromatic nitrogens is 2. The van der Waals surface area contributed by atoms with Gasteiger partial charge in [-0.25, -0.2) is 4.79 Å².